The van der Waals surface area contributed by atoms with Crippen molar-refractivity contribution < 1.29 is 4.74 Å². The fourth-order valence-corrected chi connectivity index (χ4v) is 3.25. The van der Waals surface area contributed by atoms with Crippen LogP contribution < -0.4 is 10.1 Å². The topological polar surface area (TPSA) is 24.5 Å². The summed E-state index contributed by atoms with van der Waals surface area (Å²) in [6, 6.07) is 6.73. The van der Waals surface area contributed by atoms with Crippen molar-refractivity contribution in [3.63, 3.8) is 0 Å². The molecule has 0 aliphatic carbocycles. The molecule has 1 aliphatic rings. The van der Waals surface area contributed by atoms with Gasteiger partial charge in [0.25, 0.3) is 0 Å². The molecule has 1 N–H and O–H groups in total. The quantitative estimate of drug-likeness (QED) is 0.756. The Morgan fingerprint density at radius 2 is 2.19 bits per heavy atom. The van der Waals surface area contributed by atoms with Crippen molar-refractivity contribution in [2.24, 2.45) is 0 Å². The Bertz CT molecular complexity index is 458. The van der Waals surface area contributed by atoms with E-state index < -0.39 is 0 Å². The van der Waals surface area contributed by atoms with E-state index in [2.05, 4.69) is 50.9 Å². The lowest BCUT2D eigenvalue weighted by Gasteiger charge is -2.36. The Balaban J connectivity index is 2.29. The number of nitrogens with zero attached hydrogens (tertiary/aromatic N) is 1. The molecule has 1 fully saturated rings. The number of benzene rings is 1. The van der Waals surface area contributed by atoms with E-state index >= 15 is 0 Å². The van der Waals surface area contributed by atoms with E-state index in [4.69, 9.17) is 4.74 Å². The van der Waals surface area contributed by atoms with E-state index in [-0.39, 0.29) is 0 Å². The zero-order valence-corrected chi connectivity index (χ0v) is 14.4. The highest BCUT2D eigenvalue weighted by molar-refractivity contribution is 9.10. The van der Waals surface area contributed by atoms with Crippen LogP contribution in [0.4, 0.5) is 0 Å². The van der Waals surface area contributed by atoms with E-state index in [1.54, 1.807) is 0 Å². The fraction of sp³-hybridized carbons (Fsp3) is 0.529. The molecule has 3 nitrogen and oxygen atoms in total. The molecule has 0 saturated carbocycles. The lowest BCUT2D eigenvalue weighted by atomic mass is 9.98. The Morgan fingerprint density at radius 1 is 1.43 bits per heavy atom. The van der Waals surface area contributed by atoms with Gasteiger partial charge in [-0.1, -0.05) is 22.0 Å². The highest BCUT2D eigenvalue weighted by Gasteiger charge is 2.24. The zero-order valence-electron chi connectivity index (χ0n) is 12.8. The van der Waals surface area contributed by atoms with Crippen LogP contribution in [0.1, 0.15) is 31.4 Å². The molecule has 116 valence electrons. The van der Waals surface area contributed by atoms with Crippen molar-refractivity contribution in [3.8, 4) is 5.75 Å². The number of piperazine rings is 1. The van der Waals surface area contributed by atoms with Gasteiger partial charge in [0, 0.05) is 42.3 Å². The van der Waals surface area contributed by atoms with E-state index in [1.165, 1.54) is 5.56 Å². The van der Waals surface area contributed by atoms with Crippen molar-refractivity contribution in [3.05, 3.63) is 40.9 Å². The van der Waals surface area contributed by atoms with Gasteiger partial charge in [-0.3, -0.25) is 4.90 Å². The summed E-state index contributed by atoms with van der Waals surface area (Å²) in [7, 11) is 0. The molecule has 1 aromatic carbocycles. The summed E-state index contributed by atoms with van der Waals surface area (Å²) in [4.78, 5) is 2.56. The molecule has 1 atom stereocenters. The molecular formula is C17H25BrN2O. The van der Waals surface area contributed by atoms with Gasteiger partial charge in [0.05, 0.1) is 6.61 Å². The van der Waals surface area contributed by atoms with Gasteiger partial charge < -0.3 is 10.1 Å². The second-order valence-electron chi connectivity index (χ2n) is 5.28. The third-order valence-corrected chi connectivity index (χ3v) is 4.36. The SMILES string of the molecule is C=CCC[C@@H](c1cc(Br)ccc1OCC)N1CCNCC1. The summed E-state index contributed by atoms with van der Waals surface area (Å²) in [5.74, 6) is 1.01. The van der Waals surface area contributed by atoms with Crippen LogP contribution in [0.3, 0.4) is 0 Å². The molecule has 1 saturated heterocycles. The Morgan fingerprint density at radius 3 is 2.86 bits per heavy atom. The van der Waals surface area contributed by atoms with Crippen LogP contribution in [0.5, 0.6) is 5.75 Å². The third-order valence-electron chi connectivity index (χ3n) is 3.87. The van der Waals surface area contributed by atoms with Gasteiger partial charge in [-0.15, -0.1) is 6.58 Å². The molecule has 0 amide bonds. The first-order chi connectivity index (χ1) is 10.3. The molecule has 2 rings (SSSR count). The fourth-order valence-electron chi connectivity index (χ4n) is 2.87. The Kier molecular flexibility index (Phi) is 6.74. The van der Waals surface area contributed by atoms with Crippen molar-refractivity contribution in [1.29, 1.82) is 0 Å². The van der Waals surface area contributed by atoms with Gasteiger partial charge >= 0.3 is 0 Å². The number of ether oxygens (including phenoxy) is 1. The molecule has 4 heteroatoms. The van der Waals surface area contributed by atoms with E-state index in [1.807, 2.05) is 13.0 Å². The number of hydrogen-bond donors (Lipinski definition) is 1. The highest BCUT2D eigenvalue weighted by Crippen LogP contribution is 2.35. The first-order valence-corrected chi connectivity index (χ1v) is 8.53. The smallest absolute Gasteiger partial charge is 0.124 e. The maximum atomic E-state index is 5.85. The summed E-state index contributed by atoms with van der Waals surface area (Å²) >= 11 is 3.60. The molecule has 0 bridgehead atoms. The zero-order chi connectivity index (χ0) is 15.1. The largest absolute Gasteiger partial charge is 0.494 e. The molecule has 1 aliphatic heterocycles. The Hall–Kier alpha value is -0.840. The number of hydrogen-bond acceptors (Lipinski definition) is 3. The molecule has 0 spiro atoms. The monoisotopic (exact) mass is 352 g/mol. The summed E-state index contributed by atoms with van der Waals surface area (Å²) < 4.78 is 6.97. The predicted octanol–water partition coefficient (Wildman–Crippen LogP) is 3.76. The maximum Gasteiger partial charge on any atom is 0.124 e. The van der Waals surface area contributed by atoms with Gasteiger partial charge in [0.2, 0.25) is 0 Å². The molecule has 0 unspecified atom stereocenters. The minimum Gasteiger partial charge on any atom is -0.494 e. The maximum absolute atomic E-state index is 5.85. The van der Waals surface area contributed by atoms with Gasteiger partial charge in [0.15, 0.2) is 0 Å². The van der Waals surface area contributed by atoms with Gasteiger partial charge in [0.1, 0.15) is 5.75 Å². The van der Waals surface area contributed by atoms with Crippen molar-refractivity contribution in [2.75, 3.05) is 32.8 Å². The average Bonchev–Trinajstić information content (AvgIpc) is 2.51. The lowest BCUT2D eigenvalue weighted by molar-refractivity contribution is 0.162. The third kappa shape index (κ3) is 4.56. The van der Waals surface area contributed by atoms with E-state index in [9.17, 15) is 0 Å². The van der Waals surface area contributed by atoms with Crippen LogP contribution in [-0.4, -0.2) is 37.7 Å². The predicted molar refractivity (Wildman–Crippen MR) is 91.9 cm³/mol. The molecule has 1 aromatic rings. The second-order valence-corrected chi connectivity index (χ2v) is 6.20. The molecule has 21 heavy (non-hydrogen) atoms. The molecule has 0 aromatic heterocycles. The van der Waals surface area contributed by atoms with Crippen LogP contribution >= 0.6 is 15.9 Å². The summed E-state index contributed by atoms with van der Waals surface area (Å²) in [6.07, 6.45) is 4.11. The van der Waals surface area contributed by atoms with E-state index in [0.717, 1.165) is 49.2 Å². The van der Waals surface area contributed by atoms with E-state index in [0.29, 0.717) is 12.6 Å². The first kappa shape index (κ1) is 16.5. The molecular weight excluding hydrogens is 328 g/mol. The van der Waals surface area contributed by atoms with Gasteiger partial charge in [-0.25, -0.2) is 0 Å². The minimum atomic E-state index is 0.393. The van der Waals surface area contributed by atoms with Crippen LogP contribution in [0, 0.1) is 0 Å². The second kappa shape index (κ2) is 8.57. The summed E-state index contributed by atoms with van der Waals surface area (Å²) in [5.41, 5.74) is 1.29. The van der Waals surface area contributed by atoms with Gasteiger partial charge in [-0.05, 0) is 38.0 Å². The lowest BCUT2D eigenvalue weighted by Crippen LogP contribution is -2.45. The molecule has 1 heterocycles. The van der Waals surface area contributed by atoms with Crippen LogP contribution in [-0.2, 0) is 0 Å². The minimum absolute atomic E-state index is 0.393. The number of nitrogens with one attached hydrogen (secondary N) is 1. The van der Waals surface area contributed by atoms with Crippen LogP contribution in [0.15, 0.2) is 35.3 Å². The van der Waals surface area contributed by atoms with Crippen molar-refractivity contribution in [2.45, 2.75) is 25.8 Å². The Labute approximate surface area is 136 Å². The first-order valence-electron chi connectivity index (χ1n) is 7.74. The summed E-state index contributed by atoms with van der Waals surface area (Å²) in [5, 5.41) is 3.43. The number of halogens is 1. The number of allylic oxidation sites excluding steroid dienone is 1. The van der Waals surface area contributed by atoms with Crippen molar-refractivity contribution in [1.82, 2.24) is 10.2 Å². The van der Waals surface area contributed by atoms with Gasteiger partial charge in [-0.2, -0.15) is 0 Å². The number of rotatable bonds is 7. The normalized spacial score (nSPS) is 17.4. The van der Waals surface area contributed by atoms with Crippen LogP contribution in [0.2, 0.25) is 0 Å². The van der Waals surface area contributed by atoms with Crippen LogP contribution in [0.25, 0.3) is 0 Å². The standard InChI is InChI=1S/C17H25BrN2O/c1-3-5-6-16(20-11-9-19-10-12-20)15-13-14(18)7-8-17(15)21-4-2/h3,7-8,13,16,19H,1,4-6,9-12H2,2H3/t16-/m0/s1. The highest BCUT2D eigenvalue weighted by atomic mass is 79.9. The van der Waals surface area contributed by atoms with Crippen molar-refractivity contribution >= 4 is 15.9 Å². The summed E-state index contributed by atoms with van der Waals surface area (Å²) in [6.45, 7) is 10.9. The average molecular weight is 353 g/mol. The molecule has 0 radical (unpaired) electrons.